The third kappa shape index (κ3) is 7.07. The Kier molecular flexibility index (Phi) is 9.35. The average Bonchev–Trinajstić information content (AvgIpc) is 3.36. The van der Waals surface area contributed by atoms with Gasteiger partial charge in [0.1, 0.15) is 11.6 Å². The number of carbonyl (C=O) groups is 3. The van der Waals surface area contributed by atoms with Crippen LogP contribution in [-0.2, 0) is 28.5 Å². The molecule has 0 aliphatic carbocycles. The Labute approximate surface area is 228 Å². The molecule has 40 heavy (non-hydrogen) atoms. The Balaban J connectivity index is 2.02. The van der Waals surface area contributed by atoms with Crippen molar-refractivity contribution in [1.29, 1.82) is 0 Å². The number of nitrogens with one attached hydrogen (secondary N) is 1. The fraction of sp³-hybridized carbons (Fsp3) is 0.423. The number of halogens is 1. The summed E-state index contributed by atoms with van der Waals surface area (Å²) in [5.74, 6) is -2.25. The number of aromatic nitrogens is 4. The summed E-state index contributed by atoms with van der Waals surface area (Å²) in [6.07, 6.45) is -2.07. The highest BCUT2D eigenvalue weighted by Gasteiger charge is 2.34. The topological polar surface area (TPSA) is 165 Å². The van der Waals surface area contributed by atoms with Gasteiger partial charge in [0.05, 0.1) is 12.6 Å². The second-order valence-electron chi connectivity index (χ2n) is 9.26. The second kappa shape index (κ2) is 12.5. The minimum Gasteiger partial charge on any atom is -0.446 e. The van der Waals surface area contributed by atoms with E-state index in [1.807, 2.05) is 0 Å². The Morgan fingerprint density at radius 2 is 1.85 bits per heavy atom. The first kappa shape index (κ1) is 29.9. The van der Waals surface area contributed by atoms with Crippen molar-refractivity contribution in [3.05, 3.63) is 69.3 Å². The maximum Gasteiger partial charge on any atom is 0.511 e. The maximum absolute atomic E-state index is 13.5. The predicted molar refractivity (Wildman–Crippen MR) is 136 cm³/mol. The molecule has 0 radical (unpaired) electrons. The molecule has 1 atom stereocenters. The number of methoxy groups -OCH3 is 1. The summed E-state index contributed by atoms with van der Waals surface area (Å²) in [5.41, 5.74) is -1.73. The minimum atomic E-state index is -1.31. The van der Waals surface area contributed by atoms with Crippen LogP contribution in [0.1, 0.15) is 72.1 Å². The highest BCUT2D eigenvalue weighted by molar-refractivity contribution is 5.97. The van der Waals surface area contributed by atoms with Crippen molar-refractivity contribution in [2.24, 2.45) is 7.05 Å². The number of aryl methyl sites for hydroxylation is 2. The van der Waals surface area contributed by atoms with Gasteiger partial charge in [-0.2, -0.15) is 0 Å². The van der Waals surface area contributed by atoms with Crippen LogP contribution in [0.2, 0.25) is 0 Å². The smallest absolute Gasteiger partial charge is 0.446 e. The molecule has 3 aromatic rings. The zero-order valence-corrected chi connectivity index (χ0v) is 22.9. The standard InChI is InChI=1S/C26H30FN5O8/c1-7-18(40-25(36)37-6)39-20-19(17(33)13-10-15-8-11-16(27)12-9-15)28-24(32(5)23(20)35)26(3,4)29-21(34)22-31-30-14(2)38-22/h8-9,11-12,18H,7,10,13H2,1-6H3,(H,29,34). The van der Waals surface area contributed by atoms with E-state index in [2.05, 4.69) is 25.2 Å². The number of benzene rings is 1. The number of Topliss-reactive ketones (excluding diaryl/α,β-unsaturated/α-hetero) is 1. The van der Waals surface area contributed by atoms with Crippen LogP contribution < -0.4 is 15.6 Å². The van der Waals surface area contributed by atoms with Crippen molar-refractivity contribution in [2.75, 3.05) is 7.11 Å². The van der Waals surface area contributed by atoms with Gasteiger partial charge in [-0.3, -0.25) is 19.0 Å². The lowest BCUT2D eigenvalue weighted by atomic mass is 10.0. The zero-order valence-electron chi connectivity index (χ0n) is 22.9. The van der Waals surface area contributed by atoms with Crippen LogP contribution in [0.3, 0.4) is 0 Å². The molecule has 2 aromatic heterocycles. The van der Waals surface area contributed by atoms with E-state index in [0.717, 1.165) is 11.7 Å². The maximum atomic E-state index is 13.5. The van der Waals surface area contributed by atoms with Gasteiger partial charge in [0.25, 0.3) is 5.56 Å². The molecular formula is C26H30FN5O8. The summed E-state index contributed by atoms with van der Waals surface area (Å²) in [7, 11) is 2.50. The van der Waals surface area contributed by atoms with Gasteiger partial charge in [-0.25, -0.2) is 14.2 Å². The third-order valence-electron chi connectivity index (χ3n) is 5.75. The lowest BCUT2D eigenvalue weighted by molar-refractivity contribution is -0.0615. The number of rotatable bonds is 11. The first-order valence-corrected chi connectivity index (χ1v) is 12.3. The number of ketones is 1. The van der Waals surface area contributed by atoms with Gasteiger partial charge in [0.15, 0.2) is 11.5 Å². The highest BCUT2D eigenvalue weighted by Crippen LogP contribution is 2.24. The number of hydrogen-bond acceptors (Lipinski definition) is 11. The molecule has 1 N–H and O–H groups in total. The molecule has 14 heteroatoms. The van der Waals surface area contributed by atoms with Gasteiger partial charge in [-0.15, -0.1) is 10.2 Å². The van der Waals surface area contributed by atoms with E-state index in [4.69, 9.17) is 13.9 Å². The first-order valence-electron chi connectivity index (χ1n) is 12.3. The third-order valence-corrected chi connectivity index (χ3v) is 5.75. The zero-order chi connectivity index (χ0) is 29.6. The summed E-state index contributed by atoms with van der Waals surface area (Å²) < 4.78 is 34.8. The Hall–Kier alpha value is -4.62. The van der Waals surface area contributed by atoms with Gasteiger partial charge >= 0.3 is 18.0 Å². The van der Waals surface area contributed by atoms with E-state index in [9.17, 15) is 23.6 Å². The van der Waals surface area contributed by atoms with Gasteiger partial charge in [0, 0.05) is 26.8 Å². The number of ether oxygens (including phenoxy) is 3. The fourth-order valence-corrected chi connectivity index (χ4v) is 3.72. The molecule has 13 nitrogen and oxygen atoms in total. The summed E-state index contributed by atoms with van der Waals surface area (Å²) >= 11 is 0. The number of hydrogen-bond donors (Lipinski definition) is 1. The minimum absolute atomic E-state index is 0.0153. The Morgan fingerprint density at radius 1 is 1.18 bits per heavy atom. The summed E-state index contributed by atoms with van der Waals surface area (Å²) in [5, 5.41) is 9.99. The second-order valence-corrected chi connectivity index (χ2v) is 9.26. The summed E-state index contributed by atoms with van der Waals surface area (Å²) in [4.78, 5) is 55.8. The van der Waals surface area contributed by atoms with Crippen molar-refractivity contribution < 1.29 is 37.4 Å². The van der Waals surface area contributed by atoms with Gasteiger partial charge in [0.2, 0.25) is 17.9 Å². The van der Waals surface area contributed by atoms with Crippen molar-refractivity contribution in [3.8, 4) is 5.75 Å². The van der Waals surface area contributed by atoms with Crippen LogP contribution in [0.5, 0.6) is 5.75 Å². The van der Waals surface area contributed by atoms with E-state index in [1.165, 1.54) is 38.2 Å². The summed E-state index contributed by atoms with van der Waals surface area (Å²) in [6.45, 7) is 6.29. The molecule has 0 saturated carbocycles. The number of nitrogens with zero attached hydrogens (tertiary/aromatic N) is 4. The molecule has 3 rings (SSSR count). The van der Waals surface area contributed by atoms with Crippen LogP contribution in [0.25, 0.3) is 0 Å². The van der Waals surface area contributed by atoms with Crippen molar-refractivity contribution in [3.63, 3.8) is 0 Å². The Bertz CT molecular complexity index is 1450. The van der Waals surface area contributed by atoms with Gasteiger partial charge in [-0.1, -0.05) is 19.1 Å². The van der Waals surface area contributed by atoms with Crippen molar-refractivity contribution >= 4 is 17.8 Å². The van der Waals surface area contributed by atoms with E-state index < -0.39 is 46.8 Å². The molecule has 1 unspecified atom stereocenters. The van der Waals surface area contributed by atoms with E-state index in [1.54, 1.807) is 20.8 Å². The molecule has 2 heterocycles. The molecule has 0 spiro atoms. The molecule has 214 valence electrons. The molecule has 0 aliphatic rings. The van der Waals surface area contributed by atoms with Crippen molar-refractivity contribution in [1.82, 2.24) is 25.1 Å². The van der Waals surface area contributed by atoms with Crippen molar-refractivity contribution in [2.45, 2.75) is 58.8 Å². The van der Waals surface area contributed by atoms with Crippen LogP contribution in [0.15, 0.2) is 33.5 Å². The largest absolute Gasteiger partial charge is 0.511 e. The van der Waals surface area contributed by atoms with E-state index in [-0.39, 0.29) is 42.6 Å². The molecule has 1 aromatic carbocycles. The Morgan fingerprint density at radius 3 is 2.42 bits per heavy atom. The van der Waals surface area contributed by atoms with E-state index in [0.29, 0.717) is 5.56 Å². The number of amides is 1. The lowest BCUT2D eigenvalue weighted by Gasteiger charge is -2.28. The highest BCUT2D eigenvalue weighted by atomic mass is 19.1. The molecular weight excluding hydrogens is 529 g/mol. The molecule has 1 amide bonds. The van der Waals surface area contributed by atoms with Crippen LogP contribution >= 0.6 is 0 Å². The predicted octanol–water partition coefficient (Wildman–Crippen LogP) is 2.99. The number of carbonyl (C=O) groups excluding carboxylic acids is 3. The van der Waals surface area contributed by atoms with Gasteiger partial charge < -0.3 is 23.9 Å². The summed E-state index contributed by atoms with van der Waals surface area (Å²) in [6, 6.07) is 5.63. The molecule has 0 aliphatic heterocycles. The average molecular weight is 560 g/mol. The monoisotopic (exact) mass is 559 g/mol. The van der Waals surface area contributed by atoms with Crippen LogP contribution in [0, 0.1) is 12.7 Å². The normalized spacial score (nSPS) is 12.0. The van der Waals surface area contributed by atoms with Crippen LogP contribution in [0.4, 0.5) is 9.18 Å². The fourth-order valence-electron chi connectivity index (χ4n) is 3.72. The lowest BCUT2D eigenvalue weighted by Crippen LogP contribution is -2.46. The quantitative estimate of drug-likeness (QED) is 0.209. The van der Waals surface area contributed by atoms with Crippen LogP contribution in [-0.4, -0.2) is 51.0 Å². The molecule has 0 bridgehead atoms. The first-order chi connectivity index (χ1) is 18.9. The molecule has 0 fully saturated rings. The molecule has 0 saturated heterocycles. The van der Waals surface area contributed by atoms with Gasteiger partial charge in [-0.05, 0) is 38.0 Å². The SMILES string of the molecule is CCC(OC(=O)OC)Oc1c(C(=O)CCc2ccc(F)cc2)nc(C(C)(C)NC(=O)c2nnc(C)o2)n(C)c1=O. The van der Waals surface area contributed by atoms with E-state index >= 15 is 0 Å².